The summed E-state index contributed by atoms with van der Waals surface area (Å²) in [5.74, 6) is 1.41. The molecule has 0 radical (unpaired) electrons. The maximum Gasteiger partial charge on any atom is 0.151 e. The van der Waals surface area contributed by atoms with E-state index in [-0.39, 0.29) is 6.04 Å². The highest BCUT2D eigenvalue weighted by Crippen LogP contribution is 2.26. The molecule has 1 aliphatic heterocycles. The van der Waals surface area contributed by atoms with E-state index in [1.807, 2.05) is 0 Å². The van der Waals surface area contributed by atoms with Crippen molar-refractivity contribution >= 4 is 9.84 Å². The summed E-state index contributed by atoms with van der Waals surface area (Å²) in [5, 5.41) is 3.46. The van der Waals surface area contributed by atoms with Gasteiger partial charge < -0.3 is 10.2 Å². The fourth-order valence-electron chi connectivity index (χ4n) is 3.62. The molecule has 0 spiro atoms. The predicted molar refractivity (Wildman–Crippen MR) is 79.1 cm³/mol. The van der Waals surface area contributed by atoms with Crippen LogP contribution in [0.15, 0.2) is 0 Å². The molecule has 1 N–H and O–H groups in total. The monoisotopic (exact) mass is 288 g/mol. The van der Waals surface area contributed by atoms with Crippen molar-refractivity contribution in [2.24, 2.45) is 5.92 Å². The normalized spacial score (nSPS) is 35.4. The zero-order chi connectivity index (χ0) is 13.9. The molecule has 3 atom stereocenters. The molecule has 2 rings (SSSR count). The number of nitrogens with zero attached hydrogens (tertiary/aromatic N) is 1. The Labute approximate surface area is 117 Å². The Bertz CT molecular complexity index is 383. The van der Waals surface area contributed by atoms with Crippen molar-refractivity contribution in [1.29, 1.82) is 0 Å². The van der Waals surface area contributed by atoms with Gasteiger partial charge in [0.2, 0.25) is 0 Å². The Morgan fingerprint density at radius 2 is 1.89 bits per heavy atom. The minimum Gasteiger partial charge on any atom is -0.317 e. The Kier molecular flexibility index (Phi) is 5.26. The third-order valence-electron chi connectivity index (χ3n) is 4.88. The van der Waals surface area contributed by atoms with Crippen molar-refractivity contribution in [3.63, 3.8) is 0 Å². The Morgan fingerprint density at radius 3 is 2.53 bits per heavy atom. The van der Waals surface area contributed by atoms with Crippen LogP contribution in [0, 0.1) is 5.92 Å². The molecule has 0 amide bonds. The Hall–Kier alpha value is -0.130. The molecular weight excluding hydrogens is 260 g/mol. The summed E-state index contributed by atoms with van der Waals surface area (Å²) in [5.41, 5.74) is 0. The lowest BCUT2D eigenvalue weighted by Gasteiger charge is -2.32. The molecule has 1 saturated carbocycles. The van der Waals surface area contributed by atoms with Gasteiger partial charge in [0.15, 0.2) is 9.84 Å². The minimum absolute atomic E-state index is 0.241. The van der Waals surface area contributed by atoms with Crippen LogP contribution >= 0.6 is 0 Å². The first-order valence-corrected chi connectivity index (χ1v) is 9.42. The summed E-state index contributed by atoms with van der Waals surface area (Å²) in [6, 6.07) is 0.841. The van der Waals surface area contributed by atoms with Gasteiger partial charge in [-0.1, -0.05) is 19.3 Å². The van der Waals surface area contributed by atoms with E-state index in [9.17, 15) is 8.42 Å². The van der Waals surface area contributed by atoms with E-state index < -0.39 is 9.84 Å². The highest BCUT2D eigenvalue weighted by molar-refractivity contribution is 7.91. The van der Waals surface area contributed by atoms with Gasteiger partial charge in [-0.3, -0.25) is 0 Å². The van der Waals surface area contributed by atoms with Crippen molar-refractivity contribution in [2.45, 2.75) is 50.6 Å². The largest absolute Gasteiger partial charge is 0.317 e. The first kappa shape index (κ1) is 15.3. The summed E-state index contributed by atoms with van der Waals surface area (Å²) in [7, 11) is 1.39. The van der Waals surface area contributed by atoms with E-state index in [0.717, 1.165) is 13.0 Å². The zero-order valence-corrected chi connectivity index (χ0v) is 13.1. The summed E-state index contributed by atoms with van der Waals surface area (Å²) >= 11 is 0. The molecule has 19 heavy (non-hydrogen) atoms. The van der Waals surface area contributed by atoms with Crippen molar-refractivity contribution in [3.8, 4) is 0 Å². The standard InChI is InChI=1S/C14H28N2O2S/c1-15-14-7-5-3-4-6-12(14)10-16(2)13-8-9-19(17,18)11-13/h12-15H,3-11H2,1-2H3. The van der Waals surface area contributed by atoms with E-state index >= 15 is 0 Å². The summed E-state index contributed by atoms with van der Waals surface area (Å²) in [6.07, 6.45) is 7.34. The predicted octanol–water partition coefficient (Wildman–Crippen LogP) is 1.27. The highest BCUT2D eigenvalue weighted by Gasteiger charge is 2.32. The fourth-order valence-corrected chi connectivity index (χ4v) is 5.43. The first-order valence-electron chi connectivity index (χ1n) is 7.60. The second-order valence-corrected chi connectivity index (χ2v) is 8.52. The van der Waals surface area contributed by atoms with Crippen molar-refractivity contribution in [2.75, 3.05) is 32.1 Å². The van der Waals surface area contributed by atoms with Crippen LogP contribution in [0.5, 0.6) is 0 Å². The number of rotatable bonds is 4. The lowest BCUT2D eigenvalue weighted by Crippen LogP contribution is -2.43. The molecule has 2 fully saturated rings. The van der Waals surface area contributed by atoms with Crippen molar-refractivity contribution < 1.29 is 8.42 Å². The van der Waals surface area contributed by atoms with E-state index in [2.05, 4.69) is 24.3 Å². The molecule has 5 heteroatoms. The zero-order valence-electron chi connectivity index (χ0n) is 12.3. The smallest absolute Gasteiger partial charge is 0.151 e. The van der Waals surface area contributed by atoms with Gasteiger partial charge in [0.1, 0.15) is 0 Å². The summed E-state index contributed by atoms with van der Waals surface area (Å²) in [4.78, 5) is 2.30. The second-order valence-electron chi connectivity index (χ2n) is 6.29. The Balaban J connectivity index is 1.91. The summed E-state index contributed by atoms with van der Waals surface area (Å²) in [6.45, 7) is 1.03. The number of hydrogen-bond donors (Lipinski definition) is 1. The first-order chi connectivity index (χ1) is 9.02. The SMILES string of the molecule is CNC1CCCCCC1CN(C)C1CCS(=O)(=O)C1. The molecule has 1 heterocycles. The van der Waals surface area contributed by atoms with Gasteiger partial charge in [-0.2, -0.15) is 0 Å². The van der Waals surface area contributed by atoms with Crippen LogP contribution in [-0.2, 0) is 9.84 Å². The number of hydrogen-bond acceptors (Lipinski definition) is 4. The van der Waals surface area contributed by atoms with Crippen LogP contribution < -0.4 is 5.32 Å². The van der Waals surface area contributed by atoms with E-state index in [1.165, 1.54) is 32.1 Å². The topological polar surface area (TPSA) is 49.4 Å². The molecule has 0 aromatic carbocycles. The molecule has 112 valence electrons. The van der Waals surface area contributed by atoms with Gasteiger partial charge in [0.25, 0.3) is 0 Å². The molecule has 1 saturated heterocycles. The quantitative estimate of drug-likeness (QED) is 0.792. The van der Waals surface area contributed by atoms with Crippen LogP contribution in [0.4, 0.5) is 0 Å². The molecule has 0 aromatic heterocycles. The molecule has 0 bridgehead atoms. The van der Waals surface area contributed by atoms with Gasteiger partial charge in [-0.25, -0.2) is 8.42 Å². The summed E-state index contributed by atoms with van der Waals surface area (Å²) < 4.78 is 23.1. The minimum atomic E-state index is -2.76. The average molecular weight is 288 g/mol. The van der Waals surface area contributed by atoms with Gasteiger partial charge in [0.05, 0.1) is 11.5 Å². The number of nitrogens with one attached hydrogen (secondary N) is 1. The van der Waals surface area contributed by atoms with Crippen molar-refractivity contribution in [3.05, 3.63) is 0 Å². The van der Waals surface area contributed by atoms with Crippen LogP contribution in [0.2, 0.25) is 0 Å². The lowest BCUT2D eigenvalue weighted by atomic mass is 9.94. The van der Waals surface area contributed by atoms with Gasteiger partial charge in [0, 0.05) is 18.6 Å². The molecule has 2 aliphatic rings. The van der Waals surface area contributed by atoms with Crippen LogP contribution in [0.25, 0.3) is 0 Å². The average Bonchev–Trinajstić information content (AvgIpc) is 2.60. The van der Waals surface area contributed by atoms with E-state index in [0.29, 0.717) is 23.5 Å². The van der Waals surface area contributed by atoms with Crippen LogP contribution in [0.3, 0.4) is 0 Å². The third-order valence-corrected chi connectivity index (χ3v) is 6.63. The highest BCUT2D eigenvalue weighted by atomic mass is 32.2. The maximum atomic E-state index is 11.6. The van der Waals surface area contributed by atoms with Crippen molar-refractivity contribution in [1.82, 2.24) is 10.2 Å². The van der Waals surface area contributed by atoms with Crippen LogP contribution in [0.1, 0.15) is 38.5 Å². The second kappa shape index (κ2) is 6.55. The van der Waals surface area contributed by atoms with E-state index in [1.54, 1.807) is 0 Å². The van der Waals surface area contributed by atoms with Gasteiger partial charge in [-0.05, 0) is 39.3 Å². The Morgan fingerprint density at radius 1 is 1.16 bits per heavy atom. The lowest BCUT2D eigenvalue weighted by molar-refractivity contribution is 0.190. The number of sulfone groups is 1. The molecule has 0 aromatic rings. The molecular formula is C14H28N2O2S. The van der Waals surface area contributed by atoms with Crippen LogP contribution in [-0.4, -0.2) is 57.5 Å². The van der Waals surface area contributed by atoms with E-state index in [4.69, 9.17) is 0 Å². The van der Waals surface area contributed by atoms with Gasteiger partial charge >= 0.3 is 0 Å². The maximum absolute atomic E-state index is 11.6. The molecule has 1 aliphatic carbocycles. The van der Waals surface area contributed by atoms with Gasteiger partial charge in [-0.15, -0.1) is 0 Å². The fraction of sp³-hybridized carbons (Fsp3) is 1.00. The molecule has 3 unspecified atom stereocenters. The molecule has 4 nitrogen and oxygen atoms in total. The third kappa shape index (κ3) is 4.17.